The molecule has 0 aromatic heterocycles. The normalized spacial score (nSPS) is 18.5. The molecule has 2 aliphatic rings. The average Bonchev–Trinajstić information content (AvgIpc) is 2.92. The van der Waals surface area contributed by atoms with Gasteiger partial charge in [0.1, 0.15) is 0 Å². The van der Waals surface area contributed by atoms with Gasteiger partial charge in [0.2, 0.25) is 0 Å². The molecule has 6 nitrogen and oxygen atoms in total. The first-order valence-electron chi connectivity index (χ1n) is 10.1. The molecule has 1 aliphatic heterocycles. The second-order valence-electron chi connectivity index (χ2n) is 7.48. The number of hydrogen-bond donors (Lipinski definition) is 3. The molecule has 154 valence electrons. The van der Waals surface area contributed by atoms with E-state index >= 15 is 0 Å². The maximum atomic E-state index is 10.5. The van der Waals surface area contributed by atoms with Crippen LogP contribution in [0.2, 0.25) is 0 Å². The minimum absolute atomic E-state index is 0.318. The molecule has 0 bridgehead atoms. The molecular formula is C22H31NO5. The summed E-state index contributed by atoms with van der Waals surface area (Å²) in [5.41, 5.74) is 4.12. The van der Waals surface area contributed by atoms with Gasteiger partial charge in [0.05, 0.1) is 6.10 Å². The molecule has 1 fully saturated rings. The average molecular weight is 389 g/mol. The molecule has 1 saturated heterocycles. The lowest BCUT2D eigenvalue weighted by atomic mass is 9.97. The van der Waals surface area contributed by atoms with Crippen LogP contribution in [0.5, 0.6) is 0 Å². The van der Waals surface area contributed by atoms with Crippen molar-refractivity contribution in [1.29, 1.82) is 0 Å². The third-order valence-corrected chi connectivity index (χ3v) is 5.26. The zero-order valence-electron chi connectivity index (χ0n) is 16.3. The molecule has 3 N–H and O–H groups in total. The molecule has 3 rings (SSSR count). The van der Waals surface area contributed by atoms with Gasteiger partial charge in [-0.2, -0.15) is 0 Å². The van der Waals surface area contributed by atoms with Gasteiger partial charge in [-0.25, -0.2) is 9.59 Å². The zero-order valence-corrected chi connectivity index (χ0v) is 16.3. The fourth-order valence-corrected chi connectivity index (χ4v) is 3.77. The summed E-state index contributed by atoms with van der Waals surface area (Å²) in [5, 5.41) is 26.1. The van der Waals surface area contributed by atoms with E-state index < -0.39 is 11.9 Å². The number of nitrogens with zero attached hydrogens (tertiary/aromatic N) is 1. The Morgan fingerprint density at radius 3 is 2.07 bits per heavy atom. The Morgan fingerprint density at radius 1 is 0.893 bits per heavy atom. The van der Waals surface area contributed by atoms with Crippen molar-refractivity contribution in [3.05, 3.63) is 47.0 Å². The summed E-state index contributed by atoms with van der Waals surface area (Å²) >= 11 is 0. The van der Waals surface area contributed by atoms with E-state index in [-0.39, 0.29) is 6.10 Å². The number of aliphatic carboxylic acids is 2. The van der Waals surface area contributed by atoms with Gasteiger partial charge in [0.25, 0.3) is 0 Å². The van der Waals surface area contributed by atoms with E-state index in [9.17, 15) is 14.7 Å². The Labute approximate surface area is 166 Å². The topological polar surface area (TPSA) is 98.1 Å². The van der Waals surface area contributed by atoms with Gasteiger partial charge in [-0.3, -0.25) is 0 Å². The van der Waals surface area contributed by atoms with Gasteiger partial charge in [-0.05, 0) is 68.3 Å². The molecule has 0 saturated carbocycles. The van der Waals surface area contributed by atoms with Crippen LogP contribution in [-0.4, -0.2) is 51.8 Å². The van der Waals surface area contributed by atoms with Crippen LogP contribution >= 0.6 is 0 Å². The number of aliphatic hydroxyl groups excluding tert-OH is 1. The van der Waals surface area contributed by atoms with Crippen molar-refractivity contribution < 1.29 is 24.9 Å². The lowest BCUT2D eigenvalue weighted by Gasteiger charge is -2.28. The van der Waals surface area contributed by atoms with Gasteiger partial charge >= 0.3 is 11.9 Å². The van der Waals surface area contributed by atoms with Gasteiger partial charge in [-0.1, -0.05) is 31.0 Å². The van der Waals surface area contributed by atoms with Crippen molar-refractivity contribution in [1.82, 2.24) is 4.90 Å². The SMILES string of the molecule is O=C(O)/C=C\C(=O)O.OC(CN1CCCCC1)c1ccc2c(c1)CCCCC2. The Morgan fingerprint density at radius 2 is 1.46 bits per heavy atom. The number of likely N-dealkylation sites (tertiary alicyclic amines) is 1. The molecule has 0 amide bonds. The van der Waals surface area contributed by atoms with Crippen LogP contribution in [0.3, 0.4) is 0 Å². The zero-order chi connectivity index (χ0) is 20.4. The predicted octanol–water partition coefficient (Wildman–Crippen LogP) is 3.19. The maximum Gasteiger partial charge on any atom is 0.328 e. The molecule has 1 unspecified atom stereocenters. The Hall–Kier alpha value is -2.18. The number of rotatable bonds is 5. The second kappa shape index (κ2) is 11.6. The largest absolute Gasteiger partial charge is 0.478 e. The van der Waals surface area contributed by atoms with Crippen LogP contribution in [0.25, 0.3) is 0 Å². The van der Waals surface area contributed by atoms with Crippen molar-refractivity contribution in [2.75, 3.05) is 19.6 Å². The molecule has 1 atom stereocenters. The first-order chi connectivity index (χ1) is 13.5. The van der Waals surface area contributed by atoms with Crippen LogP contribution in [-0.2, 0) is 22.4 Å². The predicted molar refractivity (Wildman–Crippen MR) is 107 cm³/mol. The highest BCUT2D eigenvalue weighted by molar-refractivity contribution is 5.89. The summed E-state index contributed by atoms with van der Waals surface area (Å²) in [6.07, 6.45) is 11.1. The number of piperidine rings is 1. The number of benzene rings is 1. The molecule has 1 aromatic rings. The highest BCUT2D eigenvalue weighted by Gasteiger charge is 2.17. The molecule has 1 aliphatic carbocycles. The first kappa shape index (κ1) is 22.1. The van der Waals surface area contributed by atoms with Crippen LogP contribution < -0.4 is 0 Å². The Bertz CT molecular complexity index is 664. The highest BCUT2D eigenvalue weighted by Crippen LogP contribution is 2.25. The minimum atomic E-state index is -1.26. The summed E-state index contributed by atoms with van der Waals surface area (Å²) < 4.78 is 0. The standard InChI is InChI=1S/C18H27NO.C4H4O4/c20-18(14-19-11-5-2-6-12-19)17-10-9-15-7-3-1-4-8-16(15)13-17;5-3(6)1-2-4(7)8/h9-10,13,18,20H,1-8,11-12,14H2;1-2H,(H,5,6)(H,7,8)/b;2-1-. The summed E-state index contributed by atoms with van der Waals surface area (Å²) in [7, 11) is 0. The maximum absolute atomic E-state index is 10.5. The fourth-order valence-electron chi connectivity index (χ4n) is 3.77. The van der Waals surface area contributed by atoms with Crippen molar-refractivity contribution in [2.45, 2.75) is 57.5 Å². The molecule has 1 heterocycles. The summed E-state index contributed by atoms with van der Waals surface area (Å²) in [6.45, 7) is 3.11. The second-order valence-corrected chi connectivity index (χ2v) is 7.48. The van der Waals surface area contributed by atoms with Gasteiger partial charge in [-0.15, -0.1) is 0 Å². The van der Waals surface area contributed by atoms with Crippen LogP contribution in [0, 0.1) is 0 Å². The van der Waals surface area contributed by atoms with E-state index in [1.165, 1.54) is 62.5 Å². The van der Waals surface area contributed by atoms with Crippen LogP contribution in [0.15, 0.2) is 30.4 Å². The molecular weight excluding hydrogens is 358 g/mol. The van der Waals surface area contributed by atoms with Crippen molar-refractivity contribution in [3.8, 4) is 0 Å². The Kier molecular flexibility index (Phi) is 9.17. The monoisotopic (exact) mass is 389 g/mol. The highest BCUT2D eigenvalue weighted by atomic mass is 16.4. The smallest absolute Gasteiger partial charge is 0.328 e. The summed E-state index contributed by atoms with van der Waals surface area (Å²) in [6, 6.07) is 6.68. The number of aliphatic hydroxyl groups is 1. The van der Waals surface area contributed by atoms with Gasteiger partial charge in [0, 0.05) is 18.7 Å². The number of fused-ring (bicyclic) bond motifs is 1. The number of carboxylic acid groups (broad SMARTS) is 2. The number of β-amino-alcohol motifs (C(OH)–C–C–N with tert-alkyl or cyclic N) is 1. The minimum Gasteiger partial charge on any atom is -0.478 e. The van der Waals surface area contributed by atoms with Crippen LogP contribution in [0.1, 0.15) is 61.3 Å². The van der Waals surface area contributed by atoms with Gasteiger partial charge < -0.3 is 20.2 Å². The van der Waals surface area contributed by atoms with Crippen LogP contribution in [0.4, 0.5) is 0 Å². The van der Waals surface area contributed by atoms with E-state index in [1.54, 1.807) is 0 Å². The number of carboxylic acids is 2. The molecule has 6 heteroatoms. The van der Waals surface area contributed by atoms with E-state index in [4.69, 9.17) is 10.2 Å². The van der Waals surface area contributed by atoms with E-state index in [0.29, 0.717) is 12.2 Å². The first-order valence-corrected chi connectivity index (χ1v) is 10.1. The van der Waals surface area contributed by atoms with Gasteiger partial charge in [0.15, 0.2) is 0 Å². The molecule has 0 spiro atoms. The Balaban J connectivity index is 0.000000300. The third-order valence-electron chi connectivity index (χ3n) is 5.26. The number of hydrogen-bond acceptors (Lipinski definition) is 4. The summed E-state index contributed by atoms with van der Waals surface area (Å²) in [4.78, 5) is 21.5. The fraction of sp³-hybridized carbons (Fsp3) is 0.545. The van der Waals surface area contributed by atoms with E-state index in [0.717, 1.165) is 25.2 Å². The van der Waals surface area contributed by atoms with Crippen molar-refractivity contribution >= 4 is 11.9 Å². The molecule has 0 radical (unpaired) electrons. The lowest BCUT2D eigenvalue weighted by Crippen LogP contribution is -2.33. The number of aryl methyl sites for hydroxylation is 2. The van der Waals surface area contributed by atoms with E-state index in [2.05, 4.69) is 23.1 Å². The molecule has 28 heavy (non-hydrogen) atoms. The lowest BCUT2D eigenvalue weighted by molar-refractivity contribution is -0.134. The van der Waals surface area contributed by atoms with Crippen molar-refractivity contribution in [3.63, 3.8) is 0 Å². The third kappa shape index (κ3) is 7.82. The van der Waals surface area contributed by atoms with E-state index in [1.807, 2.05) is 0 Å². The number of carbonyl (C=O) groups is 2. The quantitative estimate of drug-likeness (QED) is 0.528. The van der Waals surface area contributed by atoms with Crippen molar-refractivity contribution in [2.24, 2.45) is 0 Å². The molecule has 1 aromatic carbocycles. The summed E-state index contributed by atoms with van der Waals surface area (Å²) in [5.74, 6) is -2.51.